The Bertz CT molecular complexity index is 995. The third kappa shape index (κ3) is 46.3. The molecule has 0 rings (SSSR count). The number of unbranched alkanes of at least 4 members (excludes halogenated alkanes) is 34. The molecule has 3 N–H and O–H groups in total. The average Bonchev–Trinajstić information content (AvgIpc) is 3.24. The molecule has 356 valence electrons. The van der Waals surface area contributed by atoms with Crippen molar-refractivity contribution < 1.29 is 37.6 Å². The van der Waals surface area contributed by atoms with Gasteiger partial charge in [0.05, 0.1) is 13.2 Å². The van der Waals surface area contributed by atoms with Crippen LogP contribution in [0.1, 0.15) is 264 Å². The van der Waals surface area contributed by atoms with Gasteiger partial charge >= 0.3 is 19.8 Å². The fraction of sp³-hybridized carbons (Fsp3) is 0.920. The molecular weight excluding hydrogens is 774 g/mol. The molecule has 0 spiro atoms. The van der Waals surface area contributed by atoms with E-state index in [0.717, 1.165) is 51.4 Å². The lowest BCUT2D eigenvalue weighted by molar-refractivity contribution is -0.161. The fourth-order valence-electron chi connectivity index (χ4n) is 7.57. The topological polar surface area (TPSA) is 134 Å². The van der Waals surface area contributed by atoms with Crippen LogP contribution < -0.4 is 5.73 Å². The zero-order valence-corrected chi connectivity index (χ0v) is 40.4. The van der Waals surface area contributed by atoms with Crippen LogP contribution in [0.2, 0.25) is 0 Å². The standard InChI is InChI=1S/C50H98NO8P/c1-3-5-7-9-11-13-15-17-18-19-20-21-22-23-24-25-26-27-28-29-31-32-34-36-38-40-42-49(52)56-46-48(47-58-60(54,55)57-45-44-51)59-50(53)43-41-39-37-35-33-30-16-14-12-10-8-6-4-2/h14,16,48H,3-13,15,17-47,51H2,1-2H3,(H,54,55)/b16-14-. The third-order valence-corrected chi connectivity index (χ3v) is 12.4. The monoisotopic (exact) mass is 872 g/mol. The van der Waals surface area contributed by atoms with Crippen LogP contribution in [0.3, 0.4) is 0 Å². The van der Waals surface area contributed by atoms with Crippen molar-refractivity contribution in [3.63, 3.8) is 0 Å². The first-order chi connectivity index (χ1) is 29.3. The van der Waals surface area contributed by atoms with Crippen molar-refractivity contribution >= 4 is 19.8 Å². The molecule has 0 aromatic rings. The van der Waals surface area contributed by atoms with Gasteiger partial charge in [-0.2, -0.15) is 0 Å². The summed E-state index contributed by atoms with van der Waals surface area (Å²) in [6.45, 7) is 3.75. The average molecular weight is 872 g/mol. The number of esters is 2. The molecule has 10 heteroatoms. The Hall–Kier alpha value is -1.25. The molecule has 0 fully saturated rings. The van der Waals surface area contributed by atoms with E-state index in [1.807, 2.05) is 0 Å². The molecule has 0 aliphatic carbocycles. The zero-order valence-electron chi connectivity index (χ0n) is 39.5. The molecule has 0 amide bonds. The van der Waals surface area contributed by atoms with Crippen LogP contribution in [0.25, 0.3) is 0 Å². The number of ether oxygens (including phenoxy) is 2. The number of phosphoric ester groups is 1. The smallest absolute Gasteiger partial charge is 0.462 e. The molecule has 60 heavy (non-hydrogen) atoms. The predicted molar refractivity (Wildman–Crippen MR) is 252 cm³/mol. The number of nitrogens with two attached hydrogens (primary N) is 1. The molecule has 0 heterocycles. The minimum Gasteiger partial charge on any atom is -0.462 e. The van der Waals surface area contributed by atoms with E-state index in [0.29, 0.717) is 6.42 Å². The highest BCUT2D eigenvalue weighted by Crippen LogP contribution is 2.43. The van der Waals surface area contributed by atoms with Gasteiger partial charge in [-0.3, -0.25) is 18.6 Å². The van der Waals surface area contributed by atoms with Crippen LogP contribution in [0.5, 0.6) is 0 Å². The molecule has 0 saturated carbocycles. The summed E-state index contributed by atoms with van der Waals surface area (Å²) < 4.78 is 32.9. The SMILES string of the molecule is CCCCCC/C=C\CCCCCCCC(=O)OC(COC(=O)CCCCCCCCCCCCCCCCCCCCCCCCCCCC)COP(=O)(O)OCCN. The van der Waals surface area contributed by atoms with Gasteiger partial charge in [-0.15, -0.1) is 0 Å². The number of hydrogen-bond acceptors (Lipinski definition) is 8. The molecule has 9 nitrogen and oxygen atoms in total. The highest BCUT2D eigenvalue weighted by molar-refractivity contribution is 7.47. The van der Waals surface area contributed by atoms with Crippen molar-refractivity contribution in [1.29, 1.82) is 0 Å². The largest absolute Gasteiger partial charge is 0.472 e. The number of carbonyl (C=O) groups is 2. The van der Waals surface area contributed by atoms with Gasteiger partial charge in [0.1, 0.15) is 6.61 Å². The van der Waals surface area contributed by atoms with E-state index >= 15 is 0 Å². The third-order valence-electron chi connectivity index (χ3n) is 11.4. The molecule has 0 aliphatic rings. The predicted octanol–water partition coefficient (Wildman–Crippen LogP) is 15.3. The second kappa shape index (κ2) is 47.2. The van der Waals surface area contributed by atoms with Gasteiger partial charge in [-0.05, 0) is 38.5 Å². The molecule has 0 aromatic heterocycles. The Kier molecular flexibility index (Phi) is 46.3. The number of hydrogen-bond donors (Lipinski definition) is 2. The summed E-state index contributed by atoms with van der Waals surface area (Å²) in [6.07, 6.45) is 51.2. The first-order valence-corrected chi connectivity index (χ1v) is 27.2. The van der Waals surface area contributed by atoms with E-state index in [4.69, 9.17) is 24.3 Å². The molecule has 0 aliphatic heterocycles. The number of carbonyl (C=O) groups excluding carboxylic acids is 2. The molecular formula is C50H98NO8P. The lowest BCUT2D eigenvalue weighted by Crippen LogP contribution is -2.29. The maximum Gasteiger partial charge on any atom is 0.472 e. The Morgan fingerprint density at radius 2 is 0.817 bits per heavy atom. The summed E-state index contributed by atoms with van der Waals surface area (Å²) in [5, 5.41) is 0. The summed E-state index contributed by atoms with van der Waals surface area (Å²) in [6, 6.07) is 0. The van der Waals surface area contributed by atoms with Crippen LogP contribution in [-0.4, -0.2) is 49.3 Å². The van der Waals surface area contributed by atoms with Gasteiger partial charge in [0, 0.05) is 19.4 Å². The van der Waals surface area contributed by atoms with Gasteiger partial charge in [-0.25, -0.2) is 4.57 Å². The van der Waals surface area contributed by atoms with Crippen molar-refractivity contribution in [2.45, 2.75) is 270 Å². The second-order valence-electron chi connectivity index (χ2n) is 17.4. The first-order valence-electron chi connectivity index (χ1n) is 25.7. The molecule has 0 aromatic carbocycles. The highest BCUT2D eigenvalue weighted by Gasteiger charge is 2.26. The van der Waals surface area contributed by atoms with Crippen molar-refractivity contribution in [1.82, 2.24) is 0 Å². The summed E-state index contributed by atoms with van der Waals surface area (Å²) in [5.41, 5.74) is 5.36. The van der Waals surface area contributed by atoms with Crippen LogP contribution >= 0.6 is 7.82 Å². The lowest BCUT2D eigenvalue weighted by Gasteiger charge is -2.19. The van der Waals surface area contributed by atoms with E-state index in [1.54, 1.807) is 0 Å². The molecule has 0 saturated heterocycles. The van der Waals surface area contributed by atoms with Crippen LogP contribution in [-0.2, 0) is 32.7 Å². The van der Waals surface area contributed by atoms with Gasteiger partial charge in [-0.1, -0.05) is 225 Å². The Morgan fingerprint density at radius 3 is 1.20 bits per heavy atom. The second-order valence-corrected chi connectivity index (χ2v) is 18.9. The molecule has 0 bridgehead atoms. The summed E-state index contributed by atoms with van der Waals surface area (Å²) in [5.74, 6) is -0.824. The van der Waals surface area contributed by atoms with E-state index < -0.39 is 26.5 Å². The van der Waals surface area contributed by atoms with E-state index in [1.165, 1.54) is 180 Å². The summed E-state index contributed by atoms with van der Waals surface area (Å²) >= 11 is 0. The Morgan fingerprint density at radius 1 is 0.483 bits per heavy atom. The van der Waals surface area contributed by atoms with Gasteiger partial charge in [0.2, 0.25) is 0 Å². The molecule has 2 unspecified atom stereocenters. The Labute approximate surface area is 370 Å². The highest BCUT2D eigenvalue weighted by atomic mass is 31.2. The maximum absolute atomic E-state index is 12.6. The zero-order chi connectivity index (χ0) is 43.9. The van der Waals surface area contributed by atoms with Crippen molar-refractivity contribution in [3.8, 4) is 0 Å². The number of phosphoric acid groups is 1. The van der Waals surface area contributed by atoms with E-state index in [9.17, 15) is 19.0 Å². The quantitative estimate of drug-likeness (QED) is 0.0265. The van der Waals surface area contributed by atoms with Gasteiger partial charge < -0.3 is 20.1 Å². The molecule has 2 atom stereocenters. The van der Waals surface area contributed by atoms with Crippen molar-refractivity contribution in [2.24, 2.45) is 5.73 Å². The van der Waals surface area contributed by atoms with E-state index in [-0.39, 0.29) is 38.6 Å². The normalized spacial score (nSPS) is 13.2. The van der Waals surface area contributed by atoms with Gasteiger partial charge in [0.25, 0.3) is 0 Å². The van der Waals surface area contributed by atoms with Crippen LogP contribution in [0.4, 0.5) is 0 Å². The summed E-state index contributed by atoms with van der Waals surface area (Å²) in [4.78, 5) is 35.0. The first kappa shape index (κ1) is 58.8. The van der Waals surface area contributed by atoms with Crippen LogP contribution in [0.15, 0.2) is 12.2 Å². The van der Waals surface area contributed by atoms with Gasteiger partial charge in [0.15, 0.2) is 6.10 Å². The Balaban J connectivity index is 3.91. The maximum atomic E-state index is 12.6. The van der Waals surface area contributed by atoms with Crippen molar-refractivity contribution in [3.05, 3.63) is 12.2 Å². The molecule has 0 radical (unpaired) electrons. The number of allylic oxidation sites excluding steroid dienone is 2. The lowest BCUT2D eigenvalue weighted by atomic mass is 10.0. The minimum absolute atomic E-state index is 0.0550. The minimum atomic E-state index is -4.38. The number of rotatable bonds is 49. The van der Waals surface area contributed by atoms with Crippen LogP contribution in [0, 0.1) is 0 Å². The summed E-state index contributed by atoms with van der Waals surface area (Å²) in [7, 11) is -4.38. The fourth-order valence-corrected chi connectivity index (χ4v) is 8.34. The van der Waals surface area contributed by atoms with Crippen molar-refractivity contribution in [2.75, 3.05) is 26.4 Å². The van der Waals surface area contributed by atoms with E-state index in [2.05, 4.69) is 26.0 Å².